The van der Waals surface area contributed by atoms with E-state index < -0.39 is 0 Å². The molecule has 0 amide bonds. The molecular formula is C11H14FNO2. The predicted molar refractivity (Wildman–Crippen MR) is 55.0 cm³/mol. The minimum absolute atomic E-state index is 0.178. The highest BCUT2D eigenvalue weighted by atomic mass is 19.1. The molecule has 0 heterocycles. The molecule has 3 nitrogen and oxygen atoms in total. The minimum atomic E-state index is -0.325. The molecule has 0 bridgehead atoms. The van der Waals surface area contributed by atoms with E-state index in [4.69, 9.17) is 4.74 Å². The van der Waals surface area contributed by atoms with Gasteiger partial charge < -0.3 is 10.1 Å². The van der Waals surface area contributed by atoms with Crippen LogP contribution in [0, 0.1) is 5.82 Å². The largest absolute Gasteiger partial charge is 0.464 e. The van der Waals surface area contributed by atoms with E-state index in [0.29, 0.717) is 12.0 Å². The molecule has 0 unspecified atom stereocenters. The number of carbonyl (C=O) groups is 1. The Kier molecular flexibility index (Phi) is 4.77. The van der Waals surface area contributed by atoms with E-state index in [1.807, 2.05) is 0 Å². The number of carbonyl (C=O) groups excluding carboxylic acids is 1. The zero-order valence-electron chi connectivity index (χ0n) is 8.63. The second-order valence-corrected chi connectivity index (χ2v) is 3.09. The lowest BCUT2D eigenvalue weighted by Gasteiger charge is -2.05. The zero-order valence-corrected chi connectivity index (χ0v) is 8.63. The number of hydrogen-bond acceptors (Lipinski definition) is 3. The molecule has 0 aromatic heterocycles. The Morgan fingerprint density at radius 1 is 1.47 bits per heavy atom. The van der Waals surface area contributed by atoms with Gasteiger partial charge in [0, 0.05) is 6.42 Å². The van der Waals surface area contributed by atoms with Crippen LogP contribution in [0.3, 0.4) is 0 Å². The summed E-state index contributed by atoms with van der Waals surface area (Å²) < 4.78 is 18.0. The van der Waals surface area contributed by atoms with Crippen molar-refractivity contribution < 1.29 is 13.9 Å². The average molecular weight is 211 g/mol. The molecule has 82 valence electrons. The van der Waals surface area contributed by atoms with Crippen LogP contribution < -0.4 is 5.32 Å². The molecule has 0 saturated heterocycles. The Hall–Kier alpha value is -1.42. The quantitative estimate of drug-likeness (QED) is 0.742. The second-order valence-electron chi connectivity index (χ2n) is 3.09. The molecule has 4 heteroatoms. The van der Waals surface area contributed by atoms with Gasteiger partial charge in [0.1, 0.15) is 5.82 Å². The normalized spacial score (nSPS) is 10.0. The van der Waals surface area contributed by atoms with E-state index in [2.05, 4.69) is 5.32 Å². The van der Waals surface area contributed by atoms with Crippen LogP contribution in [-0.2, 0) is 16.0 Å². The van der Waals surface area contributed by atoms with Gasteiger partial charge in [0.2, 0.25) is 0 Å². The lowest BCUT2D eigenvalue weighted by molar-refractivity contribution is -0.142. The number of benzene rings is 1. The van der Waals surface area contributed by atoms with Crippen LogP contribution in [0.5, 0.6) is 0 Å². The predicted octanol–water partition coefficient (Wildman–Crippen LogP) is 1.13. The number of rotatable bonds is 5. The van der Waals surface area contributed by atoms with Crippen molar-refractivity contribution in [1.29, 1.82) is 0 Å². The van der Waals surface area contributed by atoms with E-state index >= 15 is 0 Å². The summed E-state index contributed by atoms with van der Waals surface area (Å²) in [5.41, 5.74) is 0.565. The van der Waals surface area contributed by atoms with Gasteiger partial charge in [-0.05, 0) is 18.7 Å². The summed E-state index contributed by atoms with van der Waals surface area (Å²) in [5.74, 6) is -0.587. The first-order valence-corrected chi connectivity index (χ1v) is 4.77. The molecule has 0 aliphatic heterocycles. The lowest BCUT2D eigenvalue weighted by Crippen LogP contribution is -2.21. The molecule has 0 radical (unpaired) electrons. The van der Waals surface area contributed by atoms with Crippen LogP contribution >= 0.6 is 0 Å². The first-order valence-electron chi connectivity index (χ1n) is 4.77. The maximum Gasteiger partial charge on any atom is 0.319 e. The van der Waals surface area contributed by atoms with Gasteiger partial charge in [0.15, 0.2) is 0 Å². The Labute approximate surface area is 88.2 Å². The summed E-state index contributed by atoms with van der Waals surface area (Å²) in [6.45, 7) is 0.388. The summed E-state index contributed by atoms with van der Waals surface area (Å²) in [6.07, 6.45) is 0.405. The highest BCUT2D eigenvalue weighted by Crippen LogP contribution is 2.06. The molecule has 1 aromatic carbocycles. The minimum Gasteiger partial charge on any atom is -0.464 e. The molecule has 1 N–H and O–H groups in total. The van der Waals surface area contributed by atoms with Crippen LogP contribution in [0.1, 0.15) is 5.56 Å². The van der Waals surface area contributed by atoms with Gasteiger partial charge in [0.25, 0.3) is 0 Å². The van der Waals surface area contributed by atoms with Crippen molar-refractivity contribution in [2.45, 2.75) is 6.42 Å². The molecule has 0 spiro atoms. The van der Waals surface area contributed by atoms with E-state index in [0.717, 1.165) is 0 Å². The zero-order chi connectivity index (χ0) is 11.1. The molecule has 0 saturated carbocycles. The first-order chi connectivity index (χ1) is 7.24. The van der Waals surface area contributed by atoms with Gasteiger partial charge in [-0.25, -0.2) is 4.39 Å². The Balaban J connectivity index is 2.32. The van der Waals surface area contributed by atoms with E-state index in [1.54, 1.807) is 25.2 Å². The van der Waals surface area contributed by atoms with Crippen molar-refractivity contribution in [3.05, 3.63) is 35.6 Å². The first kappa shape index (κ1) is 11.7. The molecular weight excluding hydrogens is 197 g/mol. The fourth-order valence-electron chi connectivity index (χ4n) is 1.17. The van der Waals surface area contributed by atoms with Gasteiger partial charge in [-0.3, -0.25) is 4.79 Å². The van der Waals surface area contributed by atoms with E-state index in [1.165, 1.54) is 6.07 Å². The standard InChI is InChI=1S/C11H14FNO2/c1-13-8-11(14)15-7-6-9-4-2-3-5-10(9)12/h2-5,13H,6-8H2,1H3. The molecule has 0 atom stereocenters. The third-order valence-corrected chi connectivity index (χ3v) is 1.91. The van der Waals surface area contributed by atoms with Crippen LogP contribution in [0.15, 0.2) is 24.3 Å². The molecule has 1 rings (SSSR count). The third kappa shape index (κ3) is 4.08. The molecule has 1 aromatic rings. The highest BCUT2D eigenvalue weighted by Gasteiger charge is 2.03. The molecule has 0 aliphatic rings. The summed E-state index contributed by atoms with van der Waals surface area (Å²) in [5, 5.41) is 2.68. The van der Waals surface area contributed by atoms with Gasteiger partial charge in [-0.1, -0.05) is 18.2 Å². The summed E-state index contributed by atoms with van der Waals surface area (Å²) in [7, 11) is 1.66. The van der Waals surface area contributed by atoms with Crippen molar-refractivity contribution in [3.63, 3.8) is 0 Å². The number of esters is 1. The van der Waals surface area contributed by atoms with Crippen LogP contribution in [-0.4, -0.2) is 26.2 Å². The molecule has 0 fully saturated rings. The van der Waals surface area contributed by atoms with Gasteiger partial charge in [0.05, 0.1) is 13.2 Å². The highest BCUT2D eigenvalue weighted by molar-refractivity contribution is 5.71. The number of ether oxygens (including phenoxy) is 1. The van der Waals surface area contributed by atoms with E-state index in [9.17, 15) is 9.18 Å². The fourth-order valence-corrected chi connectivity index (χ4v) is 1.17. The smallest absolute Gasteiger partial charge is 0.319 e. The molecule has 15 heavy (non-hydrogen) atoms. The maximum atomic E-state index is 13.1. The lowest BCUT2D eigenvalue weighted by atomic mass is 10.1. The maximum absolute atomic E-state index is 13.1. The van der Waals surface area contributed by atoms with Gasteiger partial charge in [-0.2, -0.15) is 0 Å². The Bertz CT molecular complexity index is 328. The summed E-state index contributed by atoms with van der Waals surface area (Å²) in [4.78, 5) is 10.9. The number of halogens is 1. The van der Waals surface area contributed by atoms with E-state index in [-0.39, 0.29) is 24.9 Å². The number of nitrogens with one attached hydrogen (secondary N) is 1. The number of hydrogen-bond donors (Lipinski definition) is 1. The second kappa shape index (κ2) is 6.14. The SMILES string of the molecule is CNCC(=O)OCCc1ccccc1F. The third-order valence-electron chi connectivity index (χ3n) is 1.91. The van der Waals surface area contributed by atoms with Crippen molar-refractivity contribution in [1.82, 2.24) is 5.32 Å². The van der Waals surface area contributed by atoms with Crippen molar-refractivity contribution >= 4 is 5.97 Å². The van der Waals surface area contributed by atoms with Gasteiger partial charge in [-0.15, -0.1) is 0 Å². The Morgan fingerprint density at radius 3 is 2.87 bits per heavy atom. The Morgan fingerprint density at radius 2 is 2.20 bits per heavy atom. The molecule has 0 aliphatic carbocycles. The monoisotopic (exact) mass is 211 g/mol. The summed E-state index contributed by atoms with van der Waals surface area (Å²) >= 11 is 0. The average Bonchev–Trinajstić information content (AvgIpc) is 2.21. The van der Waals surface area contributed by atoms with Crippen molar-refractivity contribution in [2.24, 2.45) is 0 Å². The number of likely N-dealkylation sites (N-methyl/N-ethyl adjacent to an activating group) is 1. The van der Waals surface area contributed by atoms with Crippen LogP contribution in [0.4, 0.5) is 4.39 Å². The van der Waals surface area contributed by atoms with Crippen LogP contribution in [0.25, 0.3) is 0 Å². The van der Waals surface area contributed by atoms with Crippen LogP contribution in [0.2, 0.25) is 0 Å². The van der Waals surface area contributed by atoms with Crippen molar-refractivity contribution in [3.8, 4) is 0 Å². The van der Waals surface area contributed by atoms with Crippen molar-refractivity contribution in [2.75, 3.05) is 20.2 Å². The topological polar surface area (TPSA) is 38.3 Å². The van der Waals surface area contributed by atoms with Gasteiger partial charge >= 0.3 is 5.97 Å². The summed E-state index contributed by atoms with van der Waals surface area (Å²) in [6, 6.07) is 6.46. The fraction of sp³-hybridized carbons (Fsp3) is 0.364.